The minimum absolute atomic E-state index is 0.335. The number of carboxylic acids is 1. The van der Waals surface area contributed by atoms with Gasteiger partial charge in [0.05, 0.1) is 5.56 Å². The van der Waals surface area contributed by atoms with Gasteiger partial charge in [0.15, 0.2) is 0 Å². The molecule has 0 saturated carbocycles. The van der Waals surface area contributed by atoms with Gasteiger partial charge in [-0.2, -0.15) is 0 Å². The summed E-state index contributed by atoms with van der Waals surface area (Å²) >= 11 is 0. The maximum atomic E-state index is 11.4. The zero-order valence-electron chi connectivity index (χ0n) is 11.8. The van der Waals surface area contributed by atoms with Crippen molar-refractivity contribution in [1.82, 2.24) is 4.57 Å². The average Bonchev–Trinajstić information content (AvgIpc) is 2.75. The van der Waals surface area contributed by atoms with E-state index < -0.39 is 5.97 Å². The van der Waals surface area contributed by atoms with Crippen molar-refractivity contribution in [3.63, 3.8) is 0 Å². The van der Waals surface area contributed by atoms with Gasteiger partial charge in [-0.05, 0) is 44.4 Å². The van der Waals surface area contributed by atoms with E-state index in [4.69, 9.17) is 0 Å². The number of unbranched alkanes of at least 4 members (excludes halogenated alkanes) is 1. The standard InChI is InChI=1S/C16H21NO2/c1-4-5-7-12-10-17(11(2)3)14-9-6-8-13(15(12)14)16(18)19/h6,8-11H,4-5,7H2,1-3H3,(H,18,19). The summed E-state index contributed by atoms with van der Waals surface area (Å²) in [5.74, 6) is -0.843. The third kappa shape index (κ3) is 2.50. The van der Waals surface area contributed by atoms with Gasteiger partial charge in [0, 0.05) is 23.1 Å². The molecule has 1 aromatic carbocycles. The Morgan fingerprint density at radius 2 is 2.11 bits per heavy atom. The predicted molar refractivity (Wildman–Crippen MR) is 77.9 cm³/mol. The predicted octanol–water partition coefficient (Wildman–Crippen LogP) is 4.26. The molecule has 102 valence electrons. The van der Waals surface area contributed by atoms with Gasteiger partial charge in [-0.15, -0.1) is 0 Å². The summed E-state index contributed by atoms with van der Waals surface area (Å²) in [7, 11) is 0. The van der Waals surface area contributed by atoms with E-state index >= 15 is 0 Å². The molecule has 1 N–H and O–H groups in total. The van der Waals surface area contributed by atoms with Crippen LogP contribution in [0.4, 0.5) is 0 Å². The van der Waals surface area contributed by atoms with Crippen LogP contribution in [-0.4, -0.2) is 15.6 Å². The van der Waals surface area contributed by atoms with Crippen molar-refractivity contribution in [3.05, 3.63) is 35.5 Å². The second-order valence-corrected chi connectivity index (χ2v) is 5.26. The highest BCUT2D eigenvalue weighted by atomic mass is 16.4. The summed E-state index contributed by atoms with van der Waals surface area (Å²) < 4.78 is 2.17. The number of rotatable bonds is 5. The molecule has 0 unspecified atom stereocenters. The van der Waals surface area contributed by atoms with E-state index in [1.54, 1.807) is 6.07 Å². The minimum Gasteiger partial charge on any atom is -0.478 e. The smallest absolute Gasteiger partial charge is 0.336 e. The number of hydrogen-bond donors (Lipinski definition) is 1. The van der Waals surface area contributed by atoms with E-state index in [0.717, 1.165) is 35.7 Å². The molecule has 0 saturated heterocycles. The number of carboxylic acid groups (broad SMARTS) is 1. The topological polar surface area (TPSA) is 42.2 Å². The Labute approximate surface area is 113 Å². The first kappa shape index (κ1) is 13.7. The highest BCUT2D eigenvalue weighted by Gasteiger charge is 2.16. The molecule has 0 spiro atoms. The Kier molecular flexibility index (Phi) is 3.93. The van der Waals surface area contributed by atoms with Crippen molar-refractivity contribution in [2.45, 2.75) is 46.1 Å². The lowest BCUT2D eigenvalue weighted by Crippen LogP contribution is -2.00. The lowest BCUT2D eigenvalue weighted by atomic mass is 10.0. The monoisotopic (exact) mass is 259 g/mol. The summed E-state index contributed by atoms with van der Waals surface area (Å²) in [5.41, 5.74) is 2.60. The second kappa shape index (κ2) is 5.47. The van der Waals surface area contributed by atoms with Gasteiger partial charge in [-0.25, -0.2) is 4.79 Å². The fourth-order valence-electron chi connectivity index (χ4n) is 2.56. The van der Waals surface area contributed by atoms with Gasteiger partial charge in [0.2, 0.25) is 0 Å². The number of aromatic carboxylic acids is 1. The minimum atomic E-state index is -0.843. The summed E-state index contributed by atoms with van der Waals surface area (Å²) in [6, 6.07) is 5.87. The molecule has 0 bridgehead atoms. The van der Waals surface area contributed by atoms with Crippen LogP contribution < -0.4 is 0 Å². The van der Waals surface area contributed by atoms with Crippen molar-refractivity contribution in [2.75, 3.05) is 0 Å². The number of carbonyl (C=O) groups is 1. The molecule has 2 aromatic rings. The van der Waals surface area contributed by atoms with Crippen LogP contribution in [0.2, 0.25) is 0 Å². The molecule has 0 fully saturated rings. The molecule has 0 aliphatic carbocycles. The van der Waals surface area contributed by atoms with E-state index in [1.165, 1.54) is 0 Å². The summed E-state index contributed by atoms with van der Waals surface area (Å²) in [5, 5.41) is 10.3. The third-order valence-electron chi connectivity index (χ3n) is 3.52. The molecule has 0 amide bonds. The normalized spacial score (nSPS) is 11.4. The van der Waals surface area contributed by atoms with Crippen LogP contribution in [0.25, 0.3) is 10.9 Å². The largest absolute Gasteiger partial charge is 0.478 e. The third-order valence-corrected chi connectivity index (χ3v) is 3.52. The molecule has 19 heavy (non-hydrogen) atoms. The quantitative estimate of drug-likeness (QED) is 0.871. The Bertz CT molecular complexity index is 596. The summed E-state index contributed by atoms with van der Waals surface area (Å²) in [6.07, 6.45) is 5.27. The van der Waals surface area contributed by atoms with Crippen LogP contribution in [0.3, 0.4) is 0 Å². The van der Waals surface area contributed by atoms with E-state index in [-0.39, 0.29) is 0 Å². The maximum Gasteiger partial charge on any atom is 0.336 e. The lowest BCUT2D eigenvalue weighted by Gasteiger charge is -2.09. The van der Waals surface area contributed by atoms with Crippen molar-refractivity contribution in [3.8, 4) is 0 Å². The van der Waals surface area contributed by atoms with Gasteiger partial charge in [0.25, 0.3) is 0 Å². The highest BCUT2D eigenvalue weighted by molar-refractivity contribution is 6.04. The van der Waals surface area contributed by atoms with Gasteiger partial charge in [-0.1, -0.05) is 19.4 Å². The maximum absolute atomic E-state index is 11.4. The van der Waals surface area contributed by atoms with Crippen LogP contribution in [-0.2, 0) is 6.42 Å². The fourth-order valence-corrected chi connectivity index (χ4v) is 2.56. The molecule has 0 aliphatic heterocycles. The molecule has 3 nitrogen and oxygen atoms in total. The zero-order valence-corrected chi connectivity index (χ0v) is 11.8. The van der Waals surface area contributed by atoms with E-state index in [1.807, 2.05) is 12.1 Å². The van der Waals surface area contributed by atoms with Gasteiger partial charge < -0.3 is 9.67 Å². The van der Waals surface area contributed by atoms with Crippen molar-refractivity contribution >= 4 is 16.9 Å². The summed E-state index contributed by atoms with van der Waals surface area (Å²) in [4.78, 5) is 11.4. The molecular formula is C16H21NO2. The number of nitrogens with zero attached hydrogens (tertiary/aromatic N) is 1. The first-order chi connectivity index (χ1) is 9.06. The lowest BCUT2D eigenvalue weighted by molar-refractivity contribution is 0.0699. The number of fused-ring (bicyclic) bond motifs is 1. The molecule has 1 heterocycles. The zero-order chi connectivity index (χ0) is 14.0. The number of aryl methyl sites for hydroxylation is 1. The van der Waals surface area contributed by atoms with Crippen LogP contribution in [0.5, 0.6) is 0 Å². The Morgan fingerprint density at radius 3 is 2.68 bits per heavy atom. The Balaban J connectivity index is 2.68. The van der Waals surface area contributed by atoms with Gasteiger partial charge in [0.1, 0.15) is 0 Å². The molecule has 0 aliphatic rings. The first-order valence-electron chi connectivity index (χ1n) is 6.92. The highest BCUT2D eigenvalue weighted by Crippen LogP contribution is 2.29. The van der Waals surface area contributed by atoms with Crippen LogP contribution in [0, 0.1) is 0 Å². The van der Waals surface area contributed by atoms with E-state index in [2.05, 4.69) is 31.5 Å². The van der Waals surface area contributed by atoms with Gasteiger partial charge in [-0.3, -0.25) is 0 Å². The molecule has 1 aromatic heterocycles. The molecular weight excluding hydrogens is 238 g/mol. The molecule has 0 atom stereocenters. The average molecular weight is 259 g/mol. The van der Waals surface area contributed by atoms with Gasteiger partial charge >= 0.3 is 5.97 Å². The van der Waals surface area contributed by atoms with Crippen molar-refractivity contribution in [2.24, 2.45) is 0 Å². The Hall–Kier alpha value is -1.77. The molecule has 3 heteroatoms. The van der Waals surface area contributed by atoms with Crippen molar-refractivity contribution < 1.29 is 9.90 Å². The number of benzene rings is 1. The van der Waals surface area contributed by atoms with Crippen LogP contribution in [0.1, 0.15) is 55.6 Å². The fraction of sp³-hybridized carbons (Fsp3) is 0.438. The number of aromatic nitrogens is 1. The molecule has 2 rings (SSSR count). The number of hydrogen-bond acceptors (Lipinski definition) is 1. The summed E-state index contributed by atoms with van der Waals surface area (Å²) in [6.45, 7) is 6.40. The van der Waals surface area contributed by atoms with Crippen LogP contribution in [0.15, 0.2) is 24.4 Å². The first-order valence-corrected chi connectivity index (χ1v) is 6.92. The van der Waals surface area contributed by atoms with E-state index in [9.17, 15) is 9.90 Å². The SMILES string of the molecule is CCCCc1cn(C(C)C)c2cccc(C(=O)O)c12. The second-order valence-electron chi connectivity index (χ2n) is 5.26. The van der Waals surface area contributed by atoms with Crippen LogP contribution >= 0.6 is 0 Å². The molecule has 0 radical (unpaired) electrons. The van der Waals surface area contributed by atoms with Crippen molar-refractivity contribution in [1.29, 1.82) is 0 Å². The van der Waals surface area contributed by atoms with E-state index in [0.29, 0.717) is 11.6 Å². The Morgan fingerprint density at radius 1 is 1.37 bits per heavy atom.